The van der Waals surface area contributed by atoms with Gasteiger partial charge in [0.25, 0.3) is 0 Å². The average Bonchev–Trinajstić information content (AvgIpc) is 2.75. The maximum Gasteiger partial charge on any atom is 0.220 e. The van der Waals surface area contributed by atoms with E-state index in [0.29, 0.717) is 25.2 Å². The van der Waals surface area contributed by atoms with Crippen LogP contribution in [-0.2, 0) is 16.0 Å². The molecule has 0 aliphatic rings. The van der Waals surface area contributed by atoms with Crippen LogP contribution < -0.4 is 11.1 Å². The monoisotopic (exact) mass is 254 g/mol. The Morgan fingerprint density at radius 2 is 2.22 bits per heavy atom. The Kier molecular flexibility index (Phi) is 5.75. The minimum absolute atomic E-state index is 0.0280. The van der Waals surface area contributed by atoms with Crippen LogP contribution in [0, 0.1) is 5.92 Å². The summed E-state index contributed by atoms with van der Waals surface area (Å²) in [6.45, 7) is 2.38. The van der Waals surface area contributed by atoms with Crippen molar-refractivity contribution in [2.75, 3.05) is 6.54 Å². The summed E-state index contributed by atoms with van der Waals surface area (Å²) in [5.74, 6) is 0.148. The fourth-order valence-corrected chi connectivity index (χ4v) is 1.57. The van der Waals surface area contributed by atoms with Crippen molar-refractivity contribution in [1.82, 2.24) is 25.9 Å². The second kappa shape index (κ2) is 7.36. The van der Waals surface area contributed by atoms with Gasteiger partial charge in [-0.1, -0.05) is 12.1 Å². The summed E-state index contributed by atoms with van der Waals surface area (Å²) in [6.07, 6.45) is 1.95. The number of carbonyl (C=O) groups is 2. The molecule has 0 spiro atoms. The molecule has 100 valence electrons. The van der Waals surface area contributed by atoms with Gasteiger partial charge in [0.2, 0.25) is 11.8 Å². The standard InChI is InChI=1S/C10H18N6O2/c1-7(5-8(11)17)6-10(18)12-4-2-3-9-13-15-16-14-9/h7H,2-6H2,1H3,(H2,11,17)(H,12,18)(H,13,14,15,16)/t7-/m1/s1. The lowest BCUT2D eigenvalue weighted by Crippen LogP contribution is -2.27. The van der Waals surface area contributed by atoms with E-state index in [0.717, 1.165) is 6.42 Å². The van der Waals surface area contributed by atoms with Crippen molar-refractivity contribution in [2.24, 2.45) is 11.7 Å². The topological polar surface area (TPSA) is 127 Å². The van der Waals surface area contributed by atoms with Gasteiger partial charge in [-0.2, -0.15) is 5.21 Å². The van der Waals surface area contributed by atoms with Crippen LogP contribution in [0.5, 0.6) is 0 Å². The molecule has 4 N–H and O–H groups in total. The summed E-state index contributed by atoms with van der Waals surface area (Å²) in [7, 11) is 0. The number of hydrogen-bond acceptors (Lipinski definition) is 5. The fraction of sp³-hybridized carbons (Fsp3) is 0.700. The number of amides is 2. The number of aromatic amines is 1. The molecule has 0 bridgehead atoms. The number of aromatic nitrogens is 4. The predicted molar refractivity (Wildman–Crippen MR) is 63.1 cm³/mol. The minimum Gasteiger partial charge on any atom is -0.370 e. The van der Waals surface area contributed by atoms with Gasteiger partial charge < -0.3 is 11.1 Å². The molecule has 1 heterocycles. The molecule has 1 rings (SSSR count). The molecule has 0 fully saturated rings. The van der Waals surface area contributed by atoms with Crippen molar-refractivity contribution in [3.63, 3.8) is 0 Å². The van der Waals surface area contributed by atoms with Crippen molar-refractivity contribution >= 4 is 11.8 Å². The lowest BCUT2D eigenvalue weighted by atomic mass is 10.0. The number of primary amides is 1. The molecule has 0 saturated heterocycles. The van der Waals surface area contributed by atoms with Gasteiger partial charge in [0.15, 0.2) is 5.82 Å². The number of hydrogen-bond donors (Lipinski definition) is 3. The van der Waals surface area contributed by atoms with E-state index in [1.165, 1.54) is 0 Å². The molecule has 8 heteroatoms. The number of nitrogens with two attached hydrogens (primary N) is 1. The van der Waals surface area contributed by atoms with Crippen molar-refractivity contribution < 1.29 is 9.59 Å². The highest BCUT2D eigenvalue weighted by Crippen LogP contribution is 2.06. The van der Waals surface area contributed by atoms with Gasteiger partial charge in [0, 0.05) is 25.8 Å². The third-order valence-electron chi connectivity index (χ3n) is 2.37. The van der Waals surface area contributed by atoms with Crippen LogP contribution in [0.4, 0.5) is 0 Å². The highest BCUT2D eigenvalue weighted by atomic mass is 16.2. The number of tetrazole rings is 1. The van der Waals surface area contributed by atoms with Crippen LogP contribution in [0.15, 0.2) is 0 Å². The fourth-order valence-electron chi connectivity index (χ4n) is 1.57. The Morgan fingerprint density at radius 3 is 2.83 bits per heavy atom. The first-order chi connectivity index (χ1) is 8.58. The molecule has 2 amide bonds. The number of rotatable bonds is 8. The van der Waals surface area contributed by atoms with E-state index in [9.17, 15) is 9.59 Å². The van der Waals surface area contributed by atoms with Gasteiger partial charge in [-0.3, -0.25) is 9.59 Å². The van der Waals surface area contributed by atoms with E-state index in [1.807, 2.05) is 6.92 Å². The first-order valence-corrected chi connectivity index (χ1v) is 5.85. The molecule has 0 aliphatic heterocycles. The smallest absolute Gasteiger partial charge is 0.220 e. The number of aryl methyl sites for hydroxylation is 1. The molecule has 0 radical (unpaired) electrons. The van der Waals surface area contributed by atoms with E-state index in [2.05, 4.69) is 25.9 Å². The van der Waals surface area contributed by atoms with Gasteiger partial charge in [0.1, 0.15) is 0 Å². The van der Waals surface area contributed by atoms with Crippen LogP contribution in [0.3, 0.4) is 0 Å². The van der Waals surface area contributed by atoms with Gasteiger partial charge >= 0.3 is 0 Å². The minimum atomic E-state index is -0.382. The van der Waals surface area contributed by atoms with E-state index < -0.39 is 0 Å². The van der Waals surface area contributed by atoms with Gasteiger partial charge in [-0.05, 0) is 12.3 Å². The zero-order valence-electron chi connectivity index (χ0n) is 10.3. The van der Waals surface area contributed by atoms with E-state index in [-0.39, 0.29) is 24.2 Å². The largest absolute Gasteiger partial charge is 0.370 e. The maximum absolute atomic E-state index is 11.5. The molecule has 0 aromatic carbocycles. The zero-order chi connectivity index (χ0) is 13.4. The summed E-state index contributed by atoms with van der Waals surface area (Å²) in [5, 5.41) is 16.2. The number of nitrogens with one attached hydrogen (secondary N) is 2. The highest BCUT2D eigenvalue weighted by Gasteiger charge is 2.11. The summed E-state index contributed by atoms with van der Waals surface area (Å²) >= 11 is 0. The molecular formula is C10H18N6O2. The Morgan fingerprint density at radius 1 is 1.44 bits per heavy atom. The first-order valence-electron chi connectivity index (χ1n) is 5.85. The molecule has 1 aromatic heterocycles. The molecule has 1 aromatic rings. The summed E-state index contributed by atoms with van der Waals surface area (Å²) < 4.78 is 0. The number of nitrogens with zero attached hydrogens (tertiary/aromatic N) is 3. The molecule has 18 heavy (non-hydrogen) atoms. The third-order valence-corrected chi connectivity index (χ3v) is 2.37. The first kappa shape index (κ1) is 14.1. The highest BCUT2D eigenvalue weighted by molar-refractivity contribution is 5.78. The van der Waals surface area contributed by atoms with E-state index in [1.54, 1.807) is 0 Å². The zero-order valence-corrected chi connectivity index (χ0v) is 10.3. The molecule has 1 atom stereocenters. The third kappa shape index (κ3) is 5.92. The van der Waals surface area contributed by atoms with Crippen molar-refractivity contribution in [1.29, 1.82) is 0 Å². The van der Waals surface area contributed by atoms with E-state index >= 15 is 0 Å². The second-order valence-electron chi connectivity index (χ2n) is 4.26. The Balaban J connectivity index is 2.08. The van der Waals surface area contributed by atoms with Gasteiger partial charge in [-0.15, -0.1) is 10.2 Å². The van der Waals surface area contributed by atoms with Crippen LogP contribution in [0.25, 0.3) is 0 Å². The van der Waals surface area contributed by atoms with E-state index in [4.69, 9.17) is 5.73 Å². The Bertz CT molecular complexity index is 378. The van der Waals surface area contributed by atoms with Crippen LogP contribution in [0.1, 0.15) is 32.0 Å². The molecule has 0 aliphatic carbocycles. The average molecular weight is 254 g/mol. The van der Waals surface area contributed by atoms with Gasteiger partial charge in [-0.25, -0.2) is 0 Å². The quantitative estimate of drug-likeness (QED) is 0.521. The molecule has 0 unspecified atom stereocenters. The molecule has 0 saturated carbocycles. The lowest BCUT2D eigenvalue weighted by Gasteiger charge is -2.09. The van der Waals surface area contributed by atoms with Crippen molar-refractivity contribution in [3.8, 4) is 0 Å². The Labute approximate surface area is 105 Å². The van der Waals surface area contributed by atoms with Crippen molar-refractivity contribution in [2.45, 2.75) is 32.6 Å². The molecule has 8 nitrogen and oxygen atoms in total. The molecular weight excluding hydrogens is 236 g/mol. The van der Waals surface area contributed by atoms with Crippen LogP contribution >= 0.6 is 0 Å². The lowest BCUT2D eigenvalue weighted by molar-refractivity contribution is -0.122. The van der Waals surface area contributed by atoms with Crippen molar-refractivity contribution in [3.05, 3.63) is 5.82 Å². The number of H-pyrrole nitrogens is 1. The normalized spacial score (nSPS) is 12.1. The summed E-state index contributed by atoms with van der Waals surface area (Å²) in [4.78, 5) is 22.1. The summed E-state index contributed by atoms with van der Waals surface area (Å²) in [6, 6.07) is 0. The second-order valence-corrected chi connectivity index (χ2v) is 4.26. The predicted octanol–water partition coefficient (Wildman–Crippen LogP) is -0.850. The van der Waals surface area contributed by atoms with Gasteiger partial charge in [0.05, 0.1) is 0 Å². The van der Waals surface area contributed by atoms with Crippen LogP contribution in [0.2, 0.25) is 0 Å². The summed E-state index contributed by atoms with van der Waals surface area (Å²) in [5.41, 5.74) is 5.05. The maximum atomic E-state index is 11.5. The SMILES string of the molecule is C[C@H](CC(N)=O)CC(=O)NCCCc1nn[nH]n1. The van der Waals surface area contributed by atoms with Crippen LogP contribution in [-0.4, -0.2) is 39.0 Å². The Hall–Kier alpha value is -1.99. The number of carbonyl (C=O) groups excluding carboxylic acids is 2.